The molecule has 0 unspecified atom stereocenters. The van der Waals surface area contributed by atoms with Crippen molar-refractivity contribution in [2.24, 2.45) is 0 Å². The van der Waals surface area contributed by atoms with Crippen molar-refractivity contribution in [2.75, 3.05) is 19.5 Å². The van der Waals surface area contributed by atoms with Crippen molar-refractivity contribution in [3.63, 3.8) is 0 Å². The van der Waals surface area contributed by atoms with Gasteiger partial charge in [0.1, 0.15) is 5.75 Å². The van der Waals surface area contributed by atoms with E-state index in [4.69, 9.17) is 9.47 Å². The standard InChI is InChI=1S/C19H16N4O6/c1-28-14-6-7-16(15(11-14)19(25)29-2)20-18(24)17-8-9-22(21-17)12-4-3-5-13(10-12)23(26)27/h3-11H,1-2H3,(H,20,24). The van der Waals surface area contributed by atoms with Crippen molar-refractivity contribution >= 4 is 23.3 Å². The summed E-state index contributed by atoms with van der Waals surface area (Å²) in [5.74, 6) is -0.774. The Morgan fingerprint density at radius 2 is 1.93 bits per heavy atom. The Balaban J connectivity index is 1.85. The molecule has 2 aromatic carbocycles. The number of esters is 1. The number of methoxy groups -OCH3 is 2. The van der Waals surface area contributed by atoms with E-state index in [0.29, 0.717) is 11.4 Å². The first-order chi connectivity index (χ1) is 13.9. The smallest absolute Gasteiger partial charge is 0.340 e. The quantitative estimate of drug-likeness (QED) is 0.386. The van der Waals surface area contributed by atoms with Crippen LogP contribution in [0, 0.1) is 10.1 Å². The minimum atomic E-state index is -0.638. The lowest BCUT2D eigenvalue weighted by molar-refractivity contribution is -0.384. The Kier molecular flexibility index (Phi) is 5.54. The molecule has 0 spiro atoms. The molecule has 10 heteroatoms. The Bertz CT molecular complexity index is 1090. The molecule has 0 aliphatic heterocycles. The summed E-state index contributed by atoms with van der Waals surface area (Å²) in [5, 5.41) is 17.7. The number of carbonyl (C=O) groups excluding carboxylic acids is 2. The van der Waals surface area contributed by atoms with E-state index in [-0.39, 0.29) is 22.6 Å². The van der Waals surface area contributed by atoms with E-state index in [9.17, 15) is 19.7 Å². The minimum absolute atomic E-state index is 0.0585. The number of anilines is 1. The lowest BCUT2D eigenvalue weighted by Crippen LogP contribution is -2.16. The number of non-ortho nitro benzene ring substituents is 1. The van der Waals surface area contributed by atoms with Crippen LogP contribution in [0.5, 0.6) is 5.75 Å². The van der Waals surface area contributed by atoms with Crippen LogP contribution < -0.4 is 10.1 Å². The molecule has 0 saturated carbocycles. The number of aromatic nitrogens is 2. The van der Waals surface area contributed by atoms with Crippen LogP contribution in [0.3, 0.4) is 0 Å². The van der Waals surface area contributed by atoms with E-state index in [1.165, 1.54) is 61.5 Å². The van der Waals surface area contributed by atoms with Gasteiger partial charge in [0.05, 0.1) is 36.1 Å². The number of carbonyl (C=O) groups is 2. The second-order valence-corrected chi connectivity index (χ2v) is 5.78. The Morgan fingerprint density at radius 1 is 1.14 bits per heavy atom. The lowest BCUT2D eigenvalue weighted by atomic mass is 10.1. The molecule has 1 aromatic heterocycles. The number of benzene rings is 2. The fourth-order valence-corrected chi connectivity index (χ4v) is 2.56. The molecule has 0 aliphatic rings. The van der Waals surface area contributed by atoms with Crippen LogP contribution in [-0.4, -0.2) is 40.8 Å². The van der Waals surface area contributed by atoms with E-state index in [0.717, 1.165) is 0 Å². The van der Waals surface area contributed by atoms with Gasteiger partial charge >= 0.3 is 5.97 Å². The zero-order chi connectivity index (χ0) is 21.0. The number of nitro benzene ring substituents is 1. The van der Waals surface area contributed by atoms with E-state index in [1.54, 1.807) is 12.1 Å². The average molecular weight is 396 g/mol. The molecule has 0 bridgehead atoms. The minimum Gasteiger partial charge on any atom is -0.497 e. The van der Waals surface area contributed by atoms with Gasteiger partial charge in [-0.15, -0.1) is 0 Å². The maximum absolute atomic E-state index is 12.6. The monoisotopic (exact) mass is 396 g/mol. The fraction of sp³-hybridized carbons (Fsp3) is 0.105. The van der Waals surface area contributed by atoms with Gasteiger partial charge in [-0.2, -0.15) is 5.10 Å². The number of nitrogens with one attached hydrogen (secondary N) is 1. The highest BCUT2D eigenvalue weighted by atomic mass is 16.6. The number of rotatable bonds is 6. The van der Waals surface area contributed by atoms with Gasteiger partial charge < -0.3 is 14.8 Å². The molecule has 0 fully saturated rings. The van der Waals surface area contributed by atoms with E-state index >= 15 is 0 Å². The van der Waals surface area contributed by atoms with Gasteiger partial charge in [-0.25, -0.2) is 9.48 Å². The summed E-state index contributed by atoms with van der Waals surface area (Å²) in [4.78, 5) is 35.0. The summed E-state index contributed by atoms with van der Waals surface area (Å²) in [6.45, 7) is 0. The van der Waals surface area contributed by atoms with Crippen LogP contribution in [0.1, 0.15) is 20.8 Å². The van der Waals surface area contributed by atoms with Crippen molar-refractivity contribution in [1.29, 1.82) is 0 Å². The van der Waals surface area contributed by atoms with Gasteiger partial charge in [0, 0.05) is 18.3 Å². The maximum atomic E-state index is 12.6. The van der Waals surface area contributed by atoms with Crippen molar-refractivity contribution in [3.05, 3.63) is 76.1 Å². The molecule has 1 heterocycles. The second-order valence-electron chi connectivity index (χ2n) is 5.78. The van der Waals surface area contributed by atoms with Gasteiger partial charge in [-0.05, 0) is 30.3 Å². The van der Waals surface area contributed by atoms with Crippen LogP contribution in [0.2, 0.25) is 0 Å². The number of nitro groups is 1. The molecular weight excluding hydrogens is 380 g/mol. The highest BCUT2D eigenvalue weighted by Crippen LogP contribution is 2.23. The first kappa shape index (κ1) is 19.5. The van der Waals surface area contributed by atoms with Crippen LogP contribution in [0.4, 0.5) is 11.4 Å². The van der Waals surface area contributed by atoms with Crippen molar-refractivity contribution < 1.29 is 24.0 Å². The topological polar surface area (TPSA) is 126 Å². The van der Waals surface area contributed by atoms with Crippen LogP contribution in [-0.2, 0) is 4.74 Å². The largest absolute Gasteiger partial charge is 0.497 e. The Hall–Kier alpha value is -4.21. The molecule has 0 aliphatic carbocycles. The Labute approximate surface area is 164 Å². The number of hydrogen-bond acceptors (Lipinski definition) is 7. The predicted molar refractivity (Wildman–Crippen MR) is 103 cm³/mol. The molecule has 1 amide bonds. The first-order valence-corrected chi connectivity index (χ1v) is 8.31. The fourth-order valence-electron chi connectivity index (χ4n) is 2.56. The molecular formula is C19H16N4O6. The Morgan fingerprint density at radius 3 is 2.62 bits per heavy atom. The normalized spacial score (nSPS) is 10.3. The van der Waals surface area contributed by atoms with Gasteiger partial charge in [0.25, 0.3) is 11.6 Å². The third-order valence-corrected chi connectivity index (χ3v) is 4.01. The summed E-state index contributed by atoms with van der Waals surface area (Å²) in [6, 6.07) is 11.9. The summed E-state index contributed by atoms with van der Waals surface area (Å²) < 4.78 is 11.2. The number of hydrogen-bond donors (Lipinski definition) is 1. The number of nitrogens with zero attached hydrogens (tertiary/aromatic N) is 3. The summed E-state index contributed by atoms with van der Waals surface area (Å²) in [6.07, 6.45) is 1.50. The average Bonchev–Trinajstić information content (AvgIpc) is 3.24. The zero-order valence-corrected chi connectivity index (χ0v) is 15.5. The third kappa shape index (κ3) is 4.21. The van der Waals surface area contributed by atoms with Gasteiger partial charge in [-0.1, -0.05) is 6.07 Å². The van der Waals surface area contributed by atoms with Crippen LogP contribution in [0.25, 0.3) is 5.69 Å². The van der Waals surface area contributed by atoms with Gasteiger partial charge in [0.2, 0.25) is 0 Å². The molecule has 29 heavy (non-hydrogen) atoms. The molecule has 3 aromatic rings. The molecule has 3 rings (SSSR count). The van der Waals surface area contributed by atoms with Crippen LogP contribution in [0.15, 0.2) is 54.7 Å². The summed E-state index contributed by atoms with van der Waals surface area (Å²) >= 11 is 0. The van der Waals surface area contributed by atoms with Crippen LogP contribution >= 0.6 is 0 Å². The zero-order valence-electron chi connectivity index (χ0n) is 15.5. The third-order valence-electron chi connectivity index (χ3n) is 4.01. The molecule has 148 valence electrons. The number of ether oxygens (including phenoxy) is 2. The second kappa shape index (κ2) is 8.21. The maximum Gasteiger partial charge on any atom is 0.340 e. The first-order valence-electron chi connectivity index (χ1n) is 8.31. The lowest BCUT2D eigenvalue weighted by Gasteiger charge is -2.10. The van der Waals surface area contributed by atoms with Gasteiger partial charge in [0.15, 0.2) is 5.69 Å². The highest BCUT2D eigenvalue weighted by molar-refractivity contribution is 6.07. The highest BCUT2D eigenvalue weighted by Gasteiger charge is 2.18. The van der Waals surface area contributed by atoms with E-state index in [2.05, 4.69) is 10.4 Å². The van der Waals surface area contributed by atoms with E-state index in [1.807, 2.05) is 0 Å². The van der Waals surface area contributed by atoms with Gasteiger partial charge in [-0.3, -0.25) is 14.9 Å². The molecule has 0 saturated heterocycles. The molecule has 0 atom stereocenters. The van der Waals surface area contributed by atoms with E-state index < -0.39 is 16.8 Å². The SMILES string of the molecule is COC(=O)c1cc(OC)ccc1NC(=O)c1ccn(-c2cccc([N+](=O)[O-])c2)n1. The van der Waals surface area contributed by atoms with Crippen molar-refractivity contribution in [2.45, 2.75) is 0 Å². The summed E-state index contributed by atoms with van der Waals surface area (Å²) in [7, 11) is 2.68. The van der Waals surface area contributed by atoms with Crippen molar-refractivity contribution in [1.82, 2.24) is 9.78 Å². The predicted octanol–water partition coefficient (Wildman–Crippen LogP) is 2.83. The van der Waals surface area contributed by atoms with Crippen molar-refractivity contribution in [3.8, 4) is 11.4 Å². The molecule has 0 radical (unpaired) electrons. The summed E-state index contributed by atoms with van der Waals surface area (Å²) in [5.41, 5.74) is 0.747. The number of amides is 1. The molecule has 10 nitrogen and oxygen atoms in total. The molecule has 1 N–H and O–H groups in total.